The second kappa shape index (κ2) is 6.35. The van der Waals surface area contributed by atoms with E-state index in [1.807, 2.05) is 13.8 Å². The number of aliphatic hydroxyl groups excluding tert-OH is 2. The molecule has 0 aromatic carbocycles. The van der Waals surface area contributed by atoms with Crippen molar-refractivity contribution in [2.45, 2.75) is 39.7 Å². The van der Waals surface area contributed by atoms with Gasteiger partial charge in [0.2, 0.25) is 0 Å². The first kappa shape index (κ1) is 12.9. The molecule has 3 heteroatoms. The maximum atomic E-state index is 8.99. The van der Waals surface area contributed by atoms with Gasteiger partial charge in [-0.15, -0.1) is 0 Å². The molecule has 0 aliphatic rings. The van der Waals surface area contributed by atoms with Crippen LogP contribution in [-0.4, -0.2) is 36.0 Å². The molecule has 1 atom stereocenters. The highest BCUT2D eigenvalue weighted by Gasteiger charge is 2.14. The van der Waals surface area contributed by atoms with Crippen LogP contribution in [0.25, 0.3) is 0 Å². The van der Waals surface area contributed by atoms with E-state index in [2.05, 4.69) is 5.32 Å². The van der Waals surface area contributed by atoms with Gasteiger partial charge in [0.05, 0.1) is 6.10 Å². The number of hydrogen-bond donors (Lipinski definition) is 3. The summed E-state index contributed by atoms with van der Waals surface area (Å²) in [4.78, 5) is 0. The van der Waals surface area contributed by atoms with Crippen molar-refractivity contribution in [1.29, 1.82) is 0 Å². The van der Waals surface area contributed by atoms with E-state index in [4.69, 9.17) is 10.2 Å². The molecule has 0 aromatic rings. The normalized spacial score (nSPS) is 14.5. The van der Waals surface area contributed by atoms with Crippen molar-refractivity contribution in [1.82, 2.24) is 5.32 Å². The van der Waals surface area contributed by atoms with Crippen molar-refractivity contribution in [3.8, 4) is 0 Å². The van der Waals surface area contributed by atoms with Crippen LogP contribution in [0.15, 0.2) is 0 Å². The Balaban J connectivity index is 3.26. The smallest absolute Gasteiger partial charge is 0.0512 e. The van der Waals surface area contributed by atoms with E-state index in [9.17, 15) is 0 Å². The maximum Gasteiger partial charge on any atom is 0.0512 e. The molecule has 0 bridgehead atoms. The van der Waals surface area contributed by atoms with Crippen molar-refractivity contribution in [3.05, 3.63) is 0 Å². The average Bonchev–Trinajstić information content (AvgIpc) is 2.03. The second-order valence-electron chi connectivity index (χ2n) is 4.49. The molecule has 13 heavy (non-hydrogen) atoms. The lowest BCUT2D eigenvalue weighted by atomic mass is 9.95. The van der Waals surface area contributed by atoms with Crippen LogP contribution >= 0.6 is 0 Å². The lowest BCUT2D eigenvalue weighted by molar-refractivity contribution is 0.154. The molecule has 0 amide bonds. The van der Waals surface area contributed by atoms with Crippen molar-refractivity contribution in [3.63, 3.8) is 0 Å². The van der Waals surface area contributed by atoms with Crippen LogP contribution in [0, 0.1) is 5.41 Å². The molecular weight excluding hydrogens is 166 g/mol. The summed E-state index contributed by atoms with van der Waals surface area (Å²) in [6.07, 6.45) is 1.62. The second-order valence-corrected chi connectivity index (χ2v) is 4.49. The highest BCUT2D eigenvalue weighted by molar-refractivity contribution is 4.69. The number of nitrogens with one attached hydrogen (secondary N) is 1. The van der Waals surface area contributed by atoms with E-state index in [0.717, 1.165) is 25.9 Å². The highest BCUT2D eigenvalue weighted by atomic mass is 16.3. The fourth-order valence-electron chi connectivity index (χ4n) is 1.01. The largest absolute Gasteiger partial charge is 0.396 e. The maximum absolute atomic E-state index is 8.99. The Morgan fingerprint density at radius 1 is 1.38 bits per heavy atom. The van der Waals surface area contributed by atoms with Gasteiger partial charge in [0.15, 0.2) is 0 Å². The van der Waals surface area contributed by atoms with Crippen LogP contribution in [0.3, 0.4) is 0 Å². The van der Waals surface area contributed by atoms with Crippen molar-refractivity contribution in [2.75, 3.05) is 19.7 Å². The predicted octanol–water partition coefficient (Wildman–Crippen LogP) is 0.756. The minimum atomic E-state index is -0.201. The van der Waals surface area contributed by atoms with E-state index in [0.29, 0.717) is 0 Å². The molecule has 0 fully saturated rings. The third kappa shape index (κ3) is 8.22. The standard InChI is InChI=1S/C10H23NO2/c1-9(13)5-4-6-11-7-10(2,3)8-12/h9,11-13H,4-8H2,1-3H3. The van der Waals surface area contributed by atoms with Gasteiger partial charge in [-0.3, -0.25) is 0 Å². The fourth-order valence-corrected chi connectivity index (χ4v) is 1.01. The summed E-state index contributed by atoms with van der Waals surface area (Å²) in [5.74, 6) is 0. The molecule has 3 N–H and O–H groups in total. The molecule has 0 saturated heterocycles. The Kier molecular flexibility index (Phi) is 6.29. The minimum Gasteiger partial charge on any atom is -0.396 e. The van der Waals surface area contributed by atoms with Crippen LogP contribution in [0.5, 0.6) is 0 Å². The SMILES string of the molecule is CC(O)CCCNCC(C)(C)CO. The van der Waals surface area contributed by atoms with Gasteiger partial charge in [-0.05, 0) is 26.3 Å². The molecule has 0 radical (unpaired) electrons. The molecule has 1 unspecified atom stereocenters. The molecule has 0 aromatic heterocycles. The summed E-state index contributed by atoms with van der Waals surface area (Å²) >= 11 is 0. The quantitative estimate of drug-likeness (QED) is 0.518. The molecule has 0 rings (SSSR count). The number of hydrogen-bond acceptors (Lipinski definition) is 3. The van der Waals surface area contributed by atoms with E-state index in [-0.39, 0.29) is 18.1 Å². The molecule has 0 heterocycles. The van der Waals surface area contributed by atoms with Gasteiger partial charge < -0.3 is 15.5 Å². The Hall–Kier alpha value is -0.120. The lowest BCUT2D eigenvalue weighted by Gasteiger charge is -2.21. The Bertz CT molecular complexity index is 124. The van der Waals surface area contributed by atoms with Crippen LogP contribution < -0.4 is 5.32 Å². The van der Waals surface area contributed by atoms with Crippen molar-refractivity contribution in [2.24, 2.45) is 5.41 Å². The molecule has 0 aliphatic heterocycles. The van der Waals surface area contributed by atoms with E-state index < -0.39 is 0 Å². The third-order valence-electron chi connectivity index (χ3n) is 2.01. The summed E-state index contributed by atoms with van der Waals surface area (Å²) in [6, 6.07) is 0. The van der Waals surface area contributed by atoms with Crippen LogP contribution in [0.1, 0.15) is 33.6 Å². The molecule has 80 valence electrons. The van der Waals surface area contributed by atoms with Crippen molar-refractivity contribution < 1.29 is 10.2 Å². The summed E-state index contributed by atoms with van der Waals surface area (Å²) in [7, 11) is 0. The highest BCUT2D eigenvalue weighted by Crippen LogP contribution is 2.10. The first-order valence-corrected chi connectivity index (χ1v) is 4.97. The molecule has 3 nitrogen and oxygen atoms in total. The van der Waals surface area contributed by atoms with E-state index in [1.165, 1.54) is 0 Å². The zero-order valence-electron chi connectivity index (χ0n) is 9.01. The Morgan fingerprint density at radius 3 is 2.46 bits per heavy atom. The van der Waals surface area contributed by atoms with Gasteiger partial charge in [0.25, 0.3) is 0 Å². The van der Waals surface area contributed by atoms with Crippen molar-refractivity contribution >= 4 is 0 Å². The Labute approximate surface area is 81.2 Å². The third-order valence-corrected chi connectivity index (χ3v) is 2.01. The number of rotatable bonds is 7. The van der Waals surface area contributed by atoms with Gasteiger partial charge in [0.1, 0.15) is 0 Å². The molecule has 0 spiro atoms. The predicted molar refractivity (Wildman–Crippen MR) is 54.7 cm³/mol. The fraction of sp³-hybridized carbons (Fsp3) is 1.00. The van der Waals surface area contributed by atoms with Gasteiger partial charge in [-0.2, -0.15) is 0 Å². The summed E-state index contributed by atoms with van der Waals surface area (Å²) < 4.78 is 0. The van der Waals surface area contributed by atoms with Crippen LogP contribution in [0.2, 0.25) is 0 Å². The van der Waals surface area contributed by atoms with E-state index >= 15 is 0 Å². The Morgan fingerprint density at radius 2 is 2.00 bits per heavy atom. The summed E-state index contributed by atoms with van der Waals surface area (Å²) in [5, 5.41) is 21.2. The van der Waals surface area contributed by atoms with E-state index in [1.54, 1.807) is 6.92 Å². The first-order valence-electron chi connectivity index (χ1n) is 4.97. The number of aliphatic hydroxyl groups is 2. The zero-order chi connectivity index (χ0) is 10.3. The first-order chi connectivity index (χ1) is 5.98. The van der Waals surface area contributed by atoms with Crippen LogP contribution in [-0.2, 0) is 0 Å². The molecular formula is C10H23NO2. The topological polar surface area (TPSA) is 52.5 Å². The molecule has 0 aliphatic carbocycles. The summed E-state index contributed by atoms with van der Waals surface area (Å²) in [6.45, 7) is 7.79. The van der Waals surface area contributed by atoms with Crippen LogP contribution in [0.4, 0.5) is 0 Å². The van der Waals surface area contributed by atoms with Gasteiger partial charge in [0, 0.05) is 18.6 Å². The van der Waals surface area contributed by atoms with Gasteiger partial charge in [-0.25, -0.2) is 0 Å². The minimum absolute atomic E-state index is 0.0369. The monoisotopic (exact) mass is 189 g/mol. The molecule has 0 saturated carbocycles. The lowest BCUT2D eigenvalue weighted by Crippen LogP contribution is -2.32. The van der Waals surface area contributed by atoms with Gasteiger partial charge in [-0.1, -0.05) is 13.8 Å². The zero-order valence-corrected chi connectivity index (χ0v) is 9.01. The summed E-state index contributed by atoms with van der Waals surface area (Å²) in [5.41, 5.74) is -0.0369. The van der Waals surface area contributed by atoms with Gasteiger partial charge >= 0.3 is 0 Å². The average molecular weight is 189 g/mol.